The fourth-order valence-corrected chi connectivity index (χ4v) is 4.26. The van der Waals surface area contributed by atoms with E-state index in [9.17, 15) is 4.79 Å². The second-order valence-corrected chi connectivity index (χ2v) is 8.20. The Morgan fingerprint density at radius 1 is 1.09 bits per heavy atom. The molecule has 0 aromatic carbocycles. The van der Waals surface area contributed by atoms with Crippen LogP contribution in [0.4, 0.5) is 0 Å². The quantitative estimate of drug-likeness (QED) is 0.546. The first-order valence-corrected chi connectivity index (χ1v) is 11.2. The maximum absolute atomic E-state index is 13.7. The van der Waals surface area contributed by atoms with Gasteiger partial charge in [-0.2, -0.15) is 0 Å². The zero-order chi connectivity index (χ0) is 22.3. The maximum Gasteiger partial charge on any atom is 0.255 e. The van der Waals surface area contributed by atoms with Gasteiger partial charge in [0.2, 0.25) is 0 Å². The molecule has 3 aromatic rings. The smallest absolute Gasteiger partial charge is 0.255 e. The van der Waals surface area contributed by atoms with Crippen molar-refractivity contribution in [3.05, 3.63) is 77.5 Å². The lowest BCUT2D eigenvalue weighted by Crippen LogP contribution is -2.39. The van der Waals surface area contributed by atoms with Gasteiger partial charge in [0.05, 0.1) is 18.8 Å². The molecule has 0 unspecified atom stereocenters. The number of nitrogens with zero attached hydrogens (tertiary/aromatic N) is 5. The summed E-state index contributed by atoms with van der Waals surface area (Å²) in [7, 11) is 0. The summed E-state index contributed by atoms with van der Waals surface area (Å²) in [5, 5.41) is 0. The number of ether oxygens (including phenoxy) is 1. The van der Waals surface area contributed by atoms with E-state index in [2.05, 4.69) is 14.9 Å². The summed E-state index contributed by atoms with van der Waals surface area (Å²) in [6, 6.07) is 11.7. The Bertz CT molecular complexity index is 1010. The third-order valence-electron chi connectivity index (χ3n) is 5.96. The molecule has 1 fully saturated rings. The fourth-order valence-electron chi connectivity index (χ4n) is 4.26. The zero-order valence-corrected chi connectivity index (χ0v) is 18.9. The van der Waals surface area contributed by atoms with Gasteiger partial charge in [0.15, 0.2) is 0 Å². The summed E-state index contributed by atoms with van der Waals surface area (Å²) in [4.78, 5) is 26.6. The van der Waals surface area contributed by atoms with Crippen LogP contribution in [0.5, 0.6) is 0 Å². The summed E-state index contributed by atoms with van der Waals surface area (Å²) >= 11 is 0. The summed E-state index contributed by atoms with van der Waals surface area (Å²) in [5.41, 5.74) is 3.73. The number of carbonyl (C=O) groups is 1. The Hall–Kier alpha value is -3.03. The van der Waals surface area contributed by atoms with Crippen LogP contribution in [0.25, 0.3) is 5.82 Å². The molecule has 3 aromatic heterocycles. The Morgan fingerprint density at radius 2 is 1.88 bits per heavy atom. The minimum absolute atomic E-state index is 0.0547. The van der Waals surface area contributed by atoms with Crippen LogP contribution in [-0.2, 0) is 11.3 Å². The number of pyridine rings is 2. The molecule has 7 nitrogen and oxygen atoms in total. The minimum atomic E-state index is 0.0547. The van der Waals surface area contributed by atoms with Crippen molar-refractivity contribution in [1.29, 1.82) is 0 Å². The van der Waals surface area contributed by atoms with Crippen LogP contribution in [0.2, 0.25) is 0 Å². The highest BCUT2D eigenvalue weighted by Crippen LogP contribution is 2.22. The number of morpholine rings is 1. The van der Waals surface area contributed by atoms with Crippen molar-refractivity contribution >= 4 is 5.91 Å². The lowest BCUT2D eigenvalue weighted by Gasteiger charge is -2.28. The predicted octanol–water partition coefficient (Wildman–Crippen LogP) is 3.25. The summed E-state index contributed by atoms with van der Waals surface area (Å²) in [6.07, 6.45) is 6.25. The van der Waals surface area contributed by atoms with Crippen LogP contribution in [0.15, 0.2) is 55.0 Å². The third-order valence-corrected chi connectivity index (χ3v) is 5.96. The average Bonchev–Trinajstić information content (AvgIpc) is 3.13. The molecule has 0 radical (unpaired) electrons. The molecule has 7 heteroatoms. The van der Waals surface area contributed by atoms with Crippen molar-refractivity contribution in [3.8, 4) is 5.82 Å². The van der Waals surface area contributed by atoms with Crippen molar-refractivity contribution in [2.45, 2.75) is 26.8 Å². The van der Waals surface area contributed by atoms with Gasteiger partial charge in [-0.3, -0.25) is 14.7 Å². The normalized spacial score (nSPS) is 14.4. The van der Waals surface area contributed by atoms with Crippen LogP contribution in [0.1, 0.15) is 33.7 Å². The number of amides is 1. The van der Waals surface area contributed by atoms with E-state index in [0.29, 0.717) is 13.1 Å². The Morgan fingerprint density at radius 3 is 2.59 bits per heavy atom. The molecular formula is C25H31N5O2. The SMILES string of the molecule is Cc1cc(C(=O)N(CCCN2CCOCC2)Cc2ccncc2)c(C)n1-c1ccccn1. The Kier molecular flexibility index (Phi) is 7.29. The molecule has 0 saturated carbocycles. The van der Waals surface area contributed by atoms with Crippen LogP contribution >= 0.6 is 0 Å². The van der Waals surface area contributed by atoms with Crippen molar-refractivity contribution in [1.82, 2.24) is 24.3 Å². The van der Waals surface area contributed by atoms with Gasteiger partial charge < -0.3 is 14.2 Å². The lowest BCUT2D eigenvalue weighted by molar-refractivity contribution is 0.0355. The Balaban J connectivity index is 1.54. The van der Waals surface area contributed by atoms with E-state index >= 15 is 0 Å². The predicted molar refractivity (Wildman–Crippen MR) is 124 cm³/mol. The fraction of sp³-hybridized carbons (Fsp3) is 0.400. The maximum atomic E-state index is 13.7. The number of rotatable bonds is 8. The molecule has 4 heterocycles. The van der Waals surface area contributed by atoms with Crippen LogP contribution in [0.3, 0.4) is 0 Å². The number of hydrogen-bond donors (Lipinski definition) is 0. The molecule has 4 rings (SSSR count). The average molecular weight is 434 g/mol. The summed E-state index contributed by atoms with van der Waals surface area (Å²) in [5.74, 6) is 0.883. The number of hydrogen-bond acceptors (Lipinski definition) is 5. The largest absolute Gasteiger partial charge is 0.379 e. The topological polar surface area (TPSA) is 63.5 Å². The van der Waals surface area contributed by atoms with Crippen LogP contribution in [0, 0.1) is 13.8 Å². The first-order valence-electron chi connectivity index (χ1n) is 11.2. The first-order chi connectivity index (χ1) is 15.6. The molecular weight excluding hydrogens is 402 g/mol. The molecule has 1 aliphatic heterocycles. The highest BCUT2D eigenvalue weighted by atomic mass is 16.5. The molecule has 32 heavy (non-hydrogen) atoms. The minimum Gasteiger partial charge on any atom is -0.379 e. The molecule has 0 N–H and O–H groups in total. The summed E-state index contributed by atoms with van der Waals surface area (Å²) in [6.45, 7) is 9.75. The molecule has 0 bridgehead atoms. The van der Waals surface area contributed by atoms with Crippen molar-refractivity contribution < 1.29 is 9.53 Å². The molecule has 0 spiro atoms. The van der Waals surface area contributed by atoms with E-state index in [4.69, 9.17) is 4.74 Å². The Labute approximate surface area is 189 Å². The van der Waals surface area contributed by atoms with Crippen molar-refractivity contribution in [2.24, 2.45) is 0 Å². The van der Waals surface area contributed by atoms with Gasteiger partial charge in [-0.15, -0.1) is 0 Å². The molecule has 0 aliphatic carbocycles. The highest BCUT2D eigenvalue weighted by Gasteiger charge is 2.23. The van der Waals surface area contributed by atoms with E-state index in [1.165, 1.54) is 0 Å². The standard InChI is InChI=1S/C25H31N5O2/c1-20-18-23(21(2)30(20)24-6-3-4-9-27-24)25(31)29(19-22-7-10-26-11-8-22)13-5-12-28-14-16-32-17-15-28/h3-4,6-11,18H,5,12-17,19H2,1-2H3. The lowest BCUT2D eigenvalue weighted by atomic mass is 10.1. The van der Waals surface area contributed by atoms with Gasteiger partial charge in [0.25, 0.3) is 5.91 Å². The van der Waals surface area contributed by atoms with Gasteiger partial charge in [-0.05, 0) is 56.2 Å². The third kappa shape index (κ3) is 5.23. The van der Waals surface area contributed by atoms with E-state index in [0.717, 1.165) is 67.6 Å². The van der Waals surface area contributed by atoms with Crippen LogP contribution < -0.4 is 0 Å². The molecule has 168 valence electrons. The number of aromatic nitrogens is 3. The number of aryl methyl sites for hydroxylation is 1. The van der Waals surface area contributed by atoms with Gasteiger partial charge >= 0.3 is 0 Å². The second kappa shape index (κ2) is 10.5. The zero-order valence-electron chi connectivity index (χ0n) is 18.9. The van der Waals surface area contributed by atoms with Crippen molar-refractivity contribution in [2.75, 3.05) is 39.4 Å². The van der Waals surface area contributed by atoms with Gasteiger partial charge in [0.1, 0.15) is 5.82 Å². The number of carbonyl (C=O) groups excluding carboxylic acids is 1. The highest BCUT2D eigenvalue weighted by molar-refractivity contribution is 5.96. The molecule has 1 saturated heterocycles. The van der Waals surface area contributed by atoms with E-state index in [1.54, 1.807) is 18.6 Å². The van der Waals surface area contributed by atoms with E-state index in [-0.39, 0.29) is 5.91 Å². The van der Waals surface area contributed by atoms with Gasteiger partial charge in [-0.1, -0.05) is 6.07 Å². The van der Waals surface area contributed by atoms with E-state index < -0.39 is 0 Å². The molecule has 1 aliphatic rings. The molecule has 1 amide bonds. The van der Waals surface area contributed by atoms with Gasteiger partial charge in [-0.25, -0.2) is 4.98 Å². The van der Waals surface area contributed by atoms with E-state index in [1.807, 2.05) is 59.7 Å². The van der Waals surface area contributed by atoms with Crippen molar-refractivity contribution in [3.63, 3.8) is 0 Å². The first kappa shape index (κ1) is 22.2. The summed E-state index contributed by atoms with van der Waals surface area (Å²) < 4.78 is 7.49. The second-order valence-electron chi connectivity index (χ2n) is 8.20. The van der Waals surface area contributed by atoms with Crippen LogP contribution in [-0.4, -0.2) is 69.6 Å². The monoisotopic (exact) mass is 433 g/mol. The molecule has 0 atom stereocenters. The van der Waals surface area contributed by atoms with Gasteiger partial charge in [0, 0.05) is 62.7 Å².